The van der Waals surface area contributed by atoms with Crippen LogP contribution in [0.25, 0.3) is 0 Å². The van der Waals surface area contributed by atoms with Crippen LogP contribution in [0.1, 0.15) is 33.6 Å². The van der Waals surface area contributed by atoms with E-state index in [-0.39, 0.29) is 18.8 Å². The van der Waals surface area contributed by atoms with Gasteiger partial charge in [0, 0.05) is 6.61 Å². The molecule has 0 amide bonds. The highest BCUT2D eigenvalue weighted by Gasteiger charge is 2.05. The average Bonchev–Trinajstić information content (AvgIpc) is 2.14. The van der Waals surface area contributed by atoms with Crippen LogP contribution in [-0.2, 0) is 9.47 Å². The van der Waals surface area contributed by atoms with Gasteiger partial charge in [-0.15, -0.1) is 0 Å². The minimum absolute atomic E-state index is 0.0711. The topological polar surface area (TPSA) is 38.7 Å². The maximum Gasteiger partial charge on any atom is 0.0780 e. The van der Waals surface area contributed by atoms with Gasteiger partial charge >= 0.3 is 0 Å². The summed E-state index contributed by atoms with van der Waals surface area (Å²) in [6.07, 6.45) is 2.29. The number of unbranched alkanes of at least 4 members (excludes halogenated alkanes) is 1. The van der Waals surface area contributed by atoms with Gasteiger partial charge < -0.3 is 14.6 Å². The summed E-state index contributed by atoms with van der Waals surface area (Å²) in [5.41, 5.74) is 0. The Morgan fingerprint density at radius 1 is 1.15 bits per heavy atom. The minimum Gasteiger partial charge on any atom is -0.394 e. The second-order valence-electron chi connectivity index (χ2n) is 3.36. The molecule has 3 nitrogen and oxygen atoms in total. The Morgan fingerprint density at radius 3 is 2.38 bits per heavy atom. The third-order valence-electron chi connectivity index (χ3n) is 1.77. The molecule has 0 heterocycles. The molecule has 0 saturated heterocycles. The highest BCUT2D eigenvalue weighted by molar-refractivity contribution is 4.51. The van der Waals surface area contributed by atoms with Crippen molar-refractivity contribution in [2.24, 2.45) is 0 Å². The second-order valence-corrected chi connectivity index (χ2v) is 3.36. The minimum atomic E-state index is -0.0859. The molecule has 0 saturated carbocycles. The first kappa shape index (κ1) is 12.9. The van der Waals surface area contributed by atoms with Crippen LogP contribution in [0, 0.1) is 0 Å². The third-order valence-corrected chi connectivity index (χ3v) is 1.77. The van der Waals surface area contributed by atoms with Crippen molar-refractivity contribution >= 4 is 0 Å². The molecule has 0 unspecified atom stereocenters. The fourth-order valence-electron chi connectivity index (χ4n) is 0.829. The van der Waals surface area contributed by atoms with Gasteiger partial charge in [-0.25, -0.2) is 0 Å². The first-order valence-corrected chi connectivity index (χ1v) is 5.04. The molecule has 0 aliphatic carbocycles. The summed E-state index contributed by atoms with van der Waals surface area (Å²) in [5.74, 6) is 0. The van der Waals surface area contributed by atoms with Crippen molar-refractivity contribution in [1.82, 2.24) is 0 Å². The molecular formula is C10H22O3. The normalized spacial score (nSPS) is 15.7. The number of hydrogen-bond donors (Lipinski definition) is 1. The number of rotatable bonds is 8. The lowest BCUT2D eigenvalue weighted by Crippen LogP contribution is -2.22. The van der Waals surface area contributed by atoms with Gasteiger partial charge in [0.15, 0.2) is 0 Å². The summed E-state index contributed by atoms with van der Waals surface area (Å²) in [6.45, 7) is 7.40. The molecule has 0 fully saturated rings. The molecule has 0 aliphatic rings. The Labute approximate surface area is 81.0 Å². The summed E-state index contributed by atoms with van der Waals surface area (Å²) in [6, 6.07) is 0. The lowest BCUT2D eigenvalue weighted by molar-refractivity contribution is -0.0457. The first-order valence-electron chi connectivity index (χ1n) is 5.04. The average molecular weight is 190 g/mol. The molecule has 13 heavy (non-hydrogen) atoms. The van der Waals surface area contributed by atoms with Crippen molar-refractivity contribution in [3.63, 3.8) is 0 Å². The molecule has 0 spiro atoms. The molecule has 0 rings (SSSR count). The SMILES string of the molecule is CCCCO[C@H](C)CO[C@H](C)CO. The zero-order chi connectivity index (χ0) is 10.1. The second kappa shape index (κ2) is 8.48. The van der Waals surface area contributed by atoms with E-state index in [0.717, 1.165) is 19.4 Å². The Balaban J connectivity index is 3.24. The van der Waals surface area contributed by atoms with Gasteiger partial charge in [0.05, 0.1) is 25.4 Å². The van der Waals surface area contributed by atoms with Crippen LogP contribution in [0.5, 0.6) is 0 Å². The van der Waals surface area contributed by atoms with Gasteiger partial charge in [-0.1, -0.05) is 13.3 Å². The van der Waals surface area contributed by atoms with Crippen LogP contribution in [0.2, 0.25) is 0 Å². The molecule has 3 heteroatoms. The standard InChI is InChI=1S/C10H22O3/c1-4-5-6-12-10(3)8-13-9(2)7-11/h9-11H,4-8H2,1-3H3/t9-,10-/m1/s1. The summed E-state index contributed by atoms with van der Waals surface area (Å²) < 4.78 is 10.8. The van der Waals surface area contributed by atoms with E-state index < -0.39 is 0 Å². The molecule has 0 aromatic rings. The van der Waals surface area contributed by atoms with E-state index in [1.165, 1.54) is 0 Å². The van der Waals surface area contributed by atoms with Gasteiger partial charge in [-0.3, -0.25) is 0 Å². The van der Waals surface area contributed by atoms with Crippen molar-refractivity contribution in [2.75, 3.05) is 19.8 Å². The monoisotopic (exact) mass is 190 g/mol. The zero-order valence-corrected chi connectivity index (χ0v) is 8.95. The quantitative estimate of drug-likeness (QED) is 0.591. The van der Waals surface area contributed by atoms with Crippen LogP contribution in [-0.4, -0.2) is 37.1 Å². The van der Waals surface area contributed by atoms with Crippen molar-refractivity contribution in [3.05, 3.63) is 0 Å². The Hall–Kier alpha value is -0.120. The van der Waals surface area contributed by atoms with E-state index >= 15 is 0 Å². The number of ether oxygens (including phenoxy) is 2. The molecule has 0 radical (unpaired) electrons. The van der Waals surface area contributed by atoms with Crippen molar-refractivity contribution < 1.29 is 14.6 Å². The molecule has 0 bridgehead atoms. The Bertz CT molecular complexity index is 106. The van der Waals surface area contributed by atoms with Crippen molar-refractivity contribution in [2.45, 2.75) is 45.8 Å². The maximum atomic E-state index is 8.70. The predicted octanol–water partition coefficient (Wildman–Crippen LogP) is 1.59. The third kappa shape index (κ3) is 8.22. The molecule has 80 valence electrons. The summed E-state index contributed by atoms with van der Waals surface area (Å²) >= 11 is 0. The van der Waals surface area contributed by atoms with Crippen LogP contribution >= 0.6 is 0 Å². The molecule has 0 aromatic carbocycles. The number of aliphatic hydroxyl groups is 1. The Morgan fingerprint density at radius 2 is 1.85 bits per heavy atom. The highest BCUT2D eigenvalue weighted by Crippen LogP contribution is 1.98. The van der Waals surface area contributed by atoms with Crippen LogP contribution in [0.4, 0.5) is 0 Å². The maximum absolute atomic E-state index is 8.70. The largest absolute Gasteiger partial charge is 0.394 e. The molecule has 0 aromatic heterocycles. The van der Waals surface area contributed by atoms with Gasteiger partial charge in [-0.2, -0.15) is 0 Å². The highest BCUT2D eigenvalue weighted by atomic mass is 16.5. The summed E-state index contributed by atoms with van der Waals surface area (Å²) in [4.78, 5) is 0. The van der Waals surface area contributed by atoms with Gasteiger partial charge in [0.1, 0.15) is 0 Å². The van der Waals surface area contributed by atoms with Crippen molar-refractivity contribution in [3.8, 4) is 0 Å². The van der Waals surface area contributed by atoms with E-state index in [9.17, 15) is 0 Å². The molecule has 0 aliphatic heterocycles. The molecule has 2 atom stereocenters. The van der Waals surface area contributed by atoms with Crippen molar-refractivity contribution in [1.29, 1.82) is 0 Å². The number of aliphatic hydroxyl groups excluding tert-OH is 1. The van der Waals surface area contributed by atoms with E-state index in [4.69, 9.17) is 14.6 Å². The fourth-order valence-corrected chi connectivity index (χ4v) is 0.829. The number of hydrogen-bond acceptors (Lipinski definition) is 3. The predicted molar refractivity (Wildman–Crippen MR) is 52.8 cm³/mol. The first-order chi connectivity index (χ1) is 6.20. The molecule has 1 N–H and O–H groups in total. The van der Waals surface area contributed by atoms with E-state index in [1.807, 2.05) is 13.8 Å². The smallest absolute Gasteiger partial charge is 0.0780 e. The van der Waals surface area contributed by atoms with Gasteiger partial charge in [0.2, 0.25) is 0 Å². The van der Waals surface area contributed by atoms with E-state index in [1.54, 1.807) is 0 Å². The van der Waals surface area contributed by atoms with Crippen LogP contribution in [0.15, 0.2) is 0 Å². The summed E-state index contributed by atoms with van der Waals surface area (Å²) in [5, 5.41) is 8.70. The van der Waals surface area contributed by atoms with Gasteiger partial charge in [-0.05, 0) is 20.3 Å². The lowest BCUT2D eigenvalue weighted by atomic mass is 10.3. The van der Waals surface area contributed by atoms with Crippen LogP contribution in [0.3, 0.4) is 0 Å². The summed E-state index contributed by atoms with van der Waals surface area (Å²) in [7, 11) is 0. The lowest BCUT2D eigenvalue weighted by Gasteiger charge is -2.15. The van der Waals surface area contributed by atoms with Crippen LogP contribution < -0.4 is 0 Å². The molecular weight excluding hydrogens is 168 g/mol. The Kier molecular flexibility index (Phi) is 8.40. The van der Waals surface area contributed by atoms with Gasteiger partial charge in [0.25, 0.3) is 0 Å². The van der Waals surface area contributed by atoms with E-state index in [0.29, 0.717) is 6.61 Å². The fraction of sp³-hybridized carbons (Fsp3) is 1.00. The zero-order valence-electron chi connectivity index (χ0n) is 8.95. The van der Waals surface area contributed by atoms with E-state index in [2.05, 4.69) is 6.92 Å².